The first kappa shape index (κ1) is 26.8. The van der Waals surface area contributed by atoms with E-state index < -0.39 is 0 Å². The Bertz CT molecular complexity index is 1060. The van der Waals surface area contributed by atoms with Gasteiger partial charge in [0.05, 0.1) is 5.54 Å². The standard InChI is InChI=1S/C33H41N3O/c1-36-25-22-28(26-33(36,30-16-8-5-9-17-30)31-18-10-6-11-19-31)14-7-3-2-4-12-24-35-32(37)21-20-29-15-13-23-34-27-29/h5-6,8-11,13,15-21,23,27-28H,2-4,7,12,14,22,24-26H2,1H3,(H,35,37). The maximum absolute atomic E-state index is 12.0. The Morgan fingerprint density at radius 1 is 0.946 bits per heavy atom. The van der Waals surface area contributed by atoms with Gasteiger partial charge in [-0.15, -0.1) is 0 Å². The van der Waals surface area contributed by atoms with Gasteiger partial charge in [0.15, 0.2) is 0 Å². The molecule has 4 nitrogen and oxygen atoms in total. The molecule has 1 atom stereocenters. The molecule has 0 radical (unpaired) electrons. The van der Waals surface area contributed by atoms with E-state index in [9.17, 15) is 4.79 Å². The first-order valence-electron chi connectivity index (χ1n) is 13.9. The van der Waals surface area contributed by atoms with Gasteiger partial charge in [0.25, 0.3) is 0 Å². The summed E-state index contributed by atoms with van der Waals surface area (Å²) in [5.74, 6) is 0.703. The summed E-state index contributed by atoms with van der Waals surface area (Å²) >= 11 is 0. The molecule has 1 saturated heterocycles. The van der Waals surface area contributed by atoms with Crippen molar-refractivity contribution in [3.8, 4) is 0 Å². The van der Waals surface area contributed by atoms with E-state index >= 15 is 0 Å². The number of pyridine rings is 1. The topological polar surface area (TPSA) is 45.2 Å². The van der Waals surface area contributed by atoms with Crippen LogP contribution in [0, 0.1) is 5.92 Å². The molecule has 1 N–H and O–H groups in total. The number of aromatic nitrogens is 1. The predicted octanol–water partition coefficient (Wildman–Crippen LogP) is 6.84. The molecular formula is C33H41N3O. The molecule has 0 aliphatic carbocycles. The van der Waals surface area contributed by atoms with Gasteiger partial charge in [0.1, 0.15) is 0 Å². The zero-order valence-electron chi connectivity index (χ0n) is 22.2. The van der Waals surface area contributed by atoms with Gasteiger partial charge in [-0.2, -0.15) is 0 Å². The number of likely N-dealkylation sites (tertiary alicyclic amines) is 1. The van der Waals surface area contributed by atoms with Crippen LogP contribution in [0.4, 0.5) is 0 Å². The van der Waals surface area contributed by atoms with Crippen LogP contribution in [0.1, 0.15) is 68.1 Å². The average molecular weight is 496 g/mol. The maximum atomic E-state index is 12.0. The Kier molecular flexibility index (Phi) is 10.1. The fraction of sp³-hybridized carbons (Fsp3) is 0.394. The number of amides is 1. The summed E-state index contributed by atoms with van der Waals surface area (Å²) in [6, 6.07) is 26.0. The van der Waals surface area contributed by atoms with Crippen molar-refractivity contribution in [1.82, 2.24) is 15.2 Å². The number of unbranched alkanes of at least 4 members (excludes halogenated alkanes) is 4. The van der Waals surface area contributed by atoms with Crippen molar-refractivity contribution in [2.45, 2.75) is 56.9 Å². The normalized spacial score (nSPS) is 17.6. The second kappa shape index (κ2) is 13.9. The molecule has 4 heteroatoms. The first-order valence-corrected chi connectivity index (χ1v) is 13.9. The van der Waals surface area contributed by atoms with E-state index in [0.717, 1.165) is 37.4 Å². The Morgan fingerprint density at radius 2 is 1.62 bits per heavy atom. The quantitative estimate of drug-likeness (QED) is 0.221. The average Bonchev–Trinajstić information content (AvgIpc) is 2.95. The third-order valence-corrected chi connectivity index (χ3v) is 7.81. The number of nitrogens with zero attached hydrogens (tertiary/aromatic N) is 2. The summed E-state index contributed by atoms with van der Waals surface area (Å²) in [6.07, 6.45) is 16.6. The maximum Gasteiger partial charge on any atom is 0.243 e. The minimum absolute atomic E-state index is 0.0357. The number of rotatable bonds is 12. The molecule has 194 valence electrons. The van der Waals surface area contributed by atoms with E-state index in [4.69, 9.17) is 0 Å². The highest BCUT2D eigenvalue weighted by molar-refractivity contribution is 5.91. The number of piperidine rings is 1. The van der Waals surface area contributed by atoms with Crippen LogP contribution >= 0.6 is 0 Å². The fourth-order valence-electron chi connectivity index (χ4n) is 5.77. The van der Waals surface area contributed by atoms with Gasteiger partial charge in [0, 0.05) is 25.0 Å². The summed E-state index contributed by atoms with van der Waals surface area (Å²) in [5, 5.41) is 2.99. The SMILES string of the molecule is CN1CCC(CCCCCCCNC(=O)C=Cc2cccnc2)CC1(c1ccccc1)c1ccccc1. The van der Waals surface area contributed by atoms with Crippen molar-refractivity contribution in [2.24, 2.45) is 5.92 Å². The van der Waals surface area contributed by atoms with Crippen LogP contribution in [0.5, 0.6) is 0 Å². The first-order chi connectivity index (χ1) is 18.2. The van der Waals surface area contributed by atoms with Gasteiger partial charge in [0.2, 0.25) is 5.91 Å². The van der Waals surface area contributed by atoms with Crippen LogP contribution in [0.2, 0.25) is 0 Å². The highest BCUT2D eigenvalue weighted by Gasteiger charge is 2.42. The van der Waals surface area contributed by atoms with Crippen LogP contribution in [-0.2, 0) is 10.3 Å². The zero-order valence-corrected chi connectivity index (χ0v) is 22.2. The Morgan fingerprint density at radius 3 is 2.30 bits per heavy atom. The van der Waals surface area contributed by atoms with E-state index in [1.54, 1.807) is 24.5 Å². The van der Waals surface area contributed by atoms with Gasteiger partial charge >= 0.3 is 0 Å². The minimum atomic E-state index is -0.0465. The molecular weight excluding hydrogens is 454 g/mol. The van der Waals surface area contributed by atoms with Gasteiger partial charge in [-0.05, 0) is 67.6 Å². The molecule has 2 aromatic carbocycles. The van der Waals surface area contributed by atoms with Crippen molar-refractivity contribution < 1.29 is 4.79 Å². The lowest BCUT2D eigenvalue weighted by Crippen LogP contribution is -2.50. The lowest BCUT2D eigenvalue weighted by molar-refractivity contribution is -0.116. The van der Waals surface area contributed by atoms with Crippen LogP contribution < -0.4 is 5.32 Å². The van der Waals surface area contributed by atoms with Crippen molar-refractivity contribution >= 4 is 12.0 Å². The smallest absolute Gasteiger partial charge is 0.243 e. The van der Waals surface area contributed by atoms with Crippen LogP contribution in [0.25, 0.3) is 6.08 Å². The monoisotopic (exact) mass is 495 g/mol. The molecule has 1 aliphatic heterocycles. The third kappa shape index (κ3) is 7.39. The number of hydrogen-bond acceptors (Lipinski definition) is 3. The second-order valence-electron chi connectivity index (χ2n) is 10.3. The number of carbonyl (C=O) groups excluding carboxylic acids is 1. The fourth-order valence-corrected chi connectivity index (χ4v) is 5.77. The molecule has 3 aromatic rings. The van der Waals surface area contributed by atoms with E-state index in [0.29, 0.717) is 0 Å². The number of benzene rings is 2. The highest BCUT2D eigenvalue weighted by Crippen LogP contribution is 2.45. The largest absolute Gasteiger partial charge is 0.353 e. The molecule has 0 saturated carbocycles. The minimum Gasteiger partial charge on any atom is -0.353 e. The molecule has 1 fully saturated rings. The van der Waals surface area contributed by atoms with Crippen LogP contribution in [0.3, 0.4) is 0 Å². The molecule has 37 heavy (non-hydrogen) atoms. The molecule has 0 bridgehead atoms. The summed E-state index contributed by atoms with van der Waals surface area (Å²) in [6.45, 7) is 1.87. The van der Waals surface area contributed by atoms with Crippen LogP contribution in [-0.4, -0.2) is 35.9 Å². The molecule has 1 aromatic heterocycles. The summed E-state index contributed by atoms with van der Waals surface area (Å²) in [4.78, 5) is 18.6. The van der Waals surface area contributed by atoms with Crippen molar-refractivity contribution in [1.29, 1.82) is 0 Å². The molecule has 1 unspecified atom stereocenters. The lowest BCUT2D eigenvalue weighted by atomic mass is 9.70. The summed E-state index contributed by atoms with van der Waals surface area (Å²) < 4.78 is 0. The Hall–Kier alpha value is -3.24. The lowest BCUT2D eigenvalue weighted by Gasteiger charge is -2.49. The molecule has 0 spiro atoms. The van der Waals surface area contributed by atoms with Gasteiger partial charge < -0.3 is 5.32 Å². The molecule has 4 rings (SSSR count). The van der Waals surface area contributed by atoms with Gasteiger partial charge in [-0.3, -0.25) is 14.7 Å². The molecule has 2 heterocycles. The van der Waals surface area contributed by atoms with Crippen molar-refractivity contribution in [2.75, 3.05) is 20.1 Å². The number of hydrogen-bond donors (Lipinski definition) is 1. The predicted molar refractivity (Wildman–Crippen MR) is 153 cm³/mol. The van der Waals surface area contributed by atoms with Crippen molar-refractivity contribution in [3.63, 3.8) is 0 Å². The zero-order chi connectivity index (χ0) is 25.8. The molecule has 1 aliphatic rings. The van der Waals surface area contributed by atoms with E-state index in [1.807, 2.05) is 12.1 Å². The van der Waals surface area contributed by atoms with Crippen LogP contribution in [0.15, 0.2) is 91.3 Å². The third-order valence-electron chi connectivity index (χ3n) is 7.81. The van der Waals surface area contributed by atoms with Crippen molar-refractivity contribution in [3.05, 3.63) is 108 Å². The second-order valence-corrected chi connectivity index (χ2v) is 10.3. The Labute approximate surface area is 222 Å². The van der Waals surface area contributed by atoms with E-state index in [-0.39, 0.29) is 11.4 Å². The summed E-state index contributed by atoms with van der Waals surface area (Å²) in [5.41, 5.74) is 3.71. The van der Waals surface area contributed by atoms with E-state index in [1.165, 1.54) is 49.7 Å². The van der Waals surface area contributed by atoms with Gasteiger partial charge in [-0.25, -0.2) is 0 Å². The van der Waals surface area contributed by atoms with E-state index in [2.05, 4.69) is 82.9 Å². The molecule has 1 amide bonds. The highest BCUT2D eigenvalue weighted by atomic mass is 16.1. The Balaban J connectivity index is 1.19. The number of carbonyl (C=O) groups is 1. The number of nitrogens with one attached hydrogen (secondary N) is 1. The summed E-state index contributed by atoms with van der Waals surface area (Å²) in [7, 11) is 2.30. The van der Waals surface area contributed by atoms with Gasteiger partial charge in [-0.1, -0.05) is 98.8 Å².